The Morgan fingerprint density at radius 2 is 1.92 bits per heavy atom. The third kappa shape index (κ3) is 4.65. The van der Waals surface area contributed by atoms with Crippen LogP contribution in [-0.2, 0) is 18.1 Å². The van der Waals surface area contributed by atoms with Crippen LogP contribution >= 0.6 is 31.0 Å². The number of alkyl halides is 2. The van der Waals surface area contributed by atoms with Gasteiger partial charge in [-0.05, 0) is 0 Å². The van der Waals surface area contributed by atoms with Gasteiger partial charge in [-0.2, -0.15) is 0 Å². The molecule has 0 radical (unpaired) electrons. The molecule has 0 N–H and O–H groups in total. The Hall–Kier alpha value is 0.690. The Bertz CT molecular complexity index is 158. The topological polar surface area (TPSA) is 44.8 Å². The van der Waals surface area contributed by atoms with Gasteiger partial charge in [-0.3, -0.25) is 13.6 Å². The Balaban J connectivity index is 3.81. The van der Waals surface area contributed by atoms with Gasteiger partial charge in [-0.15, -0.1) is 23.2 Å². The van der Waals surface area contributed by atoms with E-state index in [4.69, 9.17) is 27.7 Å². The summed E-state index contributed by atoms with van der Waals surface area (Å²) in [4.78, 5) is 0. The molecule has 0 aromatic carbocycles. The van der Waals surface area contributed by atoms with Gasteiger partial charge in [0.05, 0.1) is 12.0 Å². The zero-order valence-corrected chi connectivity index (χ0v) is 9.23. The fourth-order valence-electron chi connectivity index (χ4n) is 0.397. The third-order valence-electron chi connectivity index (χ3n) is 1.03. The number of hydrogen-bond acceptors (Lipinski definition) is 4. The lowest BCUT2D eigenvalue weighted by Crippen LogP contribution is -2.10. The SMILES string of the molecule is COP(=O)(OC)OCC(Cl)CCl. The summed E-state index contributed by atoms with van der Waals surface area (Å²) in [6.07, 6.45) is 0. The van der Waals surface area contributed by atoms with Crippen LogP contribution in [0.25, 0.3) is 0 Å². The Labute approximate surface area is 81.7 Å². The number of rotatable bonds is 6. The van der Waals surface area contributed by atoms with Crippen molar-refractivity contribution in [3.05, 3.63) is 0 Å². The molecule has 0 aliphatic rings. The van der Waals surface area contributed by atoms with Gasteiger partial charge in [0, 0.05) is 20.1 Å². The van der Waals surface area contributed by atoms with Crippen LogP contribution in [0.1, 0.15) is 0 Å². The van der Waals surface area contributed by atoms with Crippen molar-refractivity contribution < 1.29 is 18.1 Å². The molecule has 0 bridgehead atoms. The van der Waals surface area contributed by atoms with Gasteiger partial charge in [0.25, 0.3) is 0 Å². The molecular formula is C5H11Cl2O4P. The Morgan fingerprint density at radius 1 is 1.42 bits per heavy atom. The van der Waals surface area contributed by atoms with Gasteiger partial charge in [0.15, 0.2) is 0 Å². The summed E-state index contributed by atoms with van der Waals surface area (Å²) in [5.41, 5.74) is 0. The van der Waals surface area contributed by atoms with Crippen LogP contribution in [0.3, 0.4) is 0 Å². The van der Waals surface area contributed by atoms with Gasteiger partial charge in [0.1, 0.15) is 0 Å². The van der Waals surface area contributed by atoms with E-state index in [1.54, 1.807) is 0 Å². The van der Waals surface area contributed by atoms with E-state index in [0.29, 0.717) is 0 Å². The lowest BCUT2D eigenvalue weighted by Gasteiger charge is -2.14. The molecule has 4 nitrogen and oxygen atoms in total. The maximum Gasteiger partial charge on any atom is 0.474 e. The highest BCUT2D eigenvalue weighted by atomic mass is 35.5. The molecule has 0 rings (SSSR count). The van der Waals surface area contributed by atoms with E-state index < -0.39 is 13.2 Å². The predicted molar refractivity (Wildman–Crippen MR) is 47.9 cm³/mol. The summed E-state index contributed by atoms with van der Waals surface area (Å²) in [5, 5.41) is -0.398. The number of halogens is 2. The van der Waals surface area contributed by atoms with Crippen molar-refractivity contribution in [3.8, 4) is 0 Å². The van der Waals surface area contributed by atoms with E-state index in [-0.39, 0.29) is 12.5 Å². The molecule has 0 amide bonds. The maximum atomic E-state index is 11.2. The van der Waals surface area contributed by atoms with Crippen LogP contribution < -0.4 is 0 Å². The highest BCUT2D eigenvalue weighted by Crippen LogP contribution is 2.47. The zero-order valence-electron chi connectivity index (χ0n) is 6.83. The molecular weight excluding hydrogens is 226 g/mol. The minimum absolute atomic E-state index is 0.0318. The van der Waals surface area contributed by atoms with E-state index in [9.17, 15) is 4.57 Å². The molecule has 0 saturated heterocycles. The van der Waals surface area contributed by atoms with Crippen LogP contribution in [0, 0.1) is 0 Å². The Morgan fingerprint density at radius 3 is 2.25 bits per heavy atom. The third-order valence-corrected chi connectivity index (χ3v) is 3.20. The first kappa shape index (κ1) is 12.7. The second kappa shape index (κ2) is 6.19. The Kier molecular flexibility index (Phi) is 6.55. The normalized spacial score (nSPS) is 14.7. The molecule has 7 heteroatoms. The quantitative estimate of drug-likeness (QED) is 0.525. The number of hydrogen-bond donors (Lipinski definition) is 0. The van der Waals surface area contributed by atoms with Gasteiger partial charge >= 0.3 is 7.82 Å². The van der Waals surface area contributed by atoms with Crippen molar-refractivity contribution in [2.75, 3.05) is 26.7 Å². The van der Waals surface area contributed by atoms with E-state index in [0.717, 1.165) is 0 Å². The first-order valence-electron chi connectivity index (χ1n) is 3.14. The summed E-state index contributed by atoms with van der Waals surface area (Å²) < 4.78 is 25.0. The van der Waals surface area contributed by atoms with Crippen molar-refractivity contribution in [1.29, 1.82) is 0 Å². The molecule has 1 unspecified atom stereocenters. The van der Waals surface area contributed by atoms with Crippen molar-refractivity contribution in [2.45, 2.75) is 5.38 Å². The molecule has 1 atom stereocenters. The number of phosphoric acid groups is 1. The molecule has 0 aliphatic heterocycles. The van der Waals surface area contributed by atoms with Crippen LogP contribution in [0.2, 0.25) is 0 Å². The van der Waals surface area contributed by atoms with Gasteiger partial charge in [-0.25, -0.2) is 4.57 Å². The van der Waals surface area contributed by atoms with Crippen LogP contribution in [0.15, 0.2) is 0 Å². The summed E-state index contributed by atoms with van der Waals surface area (Å²) in [7, 11) is -0.931. The first-order chi connectivity index (χ1) is 5.58. The molecule has 0 heterocycles. The minimum Gasteiger partial charge on any atom is -0.290 e. The van der Waals surface area contributed by atoms with E-state index >= 15 is 0 Å². The molecule has 0 aromatic rings. The summed E-state index contributed by atoms with van der Waals surface area (Å²) in [5.74, 6) is 0.217. The fraction of sp³-hybridized carbons (Fsp3) is 1.00. The first-order valence-corrected chi connectivity index (χ1v) is 5.57. The van der Waals surface area contributed by atoms with Crippen molar-refractivity contribution in [3.63, 3.8) is 0 Å². The lowest BCUT2D eigenvalue weighted by molar-refractivity contribution is 0.153. The highest BCUT2D eigenvalue weighted by Gasteiger charge is 2.23. The zero-order chi connectivity index (χ0) is 9.61. The molecule has 0 spiro atoms. The van der Waals surface area contributed by atoms with Gasteiger partial charge < -0.3 is 0 Å². The monoisotopic (exact) mass is 236 g/mol. The lowest BCUT2D eigenvalue weighted by atomic mass is 10.5. The van der Waals surface area contributed by atoms with Gasteiger partial charge in [0.2, 0.25) is 0 Å². The van der Waals surface area contributed by atoms with E-state index in [2.05, 4.69) is 9.05 Å². The second-order valence-electron chi connectivity index (χ2n) is 1.86. The predicted octanol–water partition coefficient (Wildman–Crippen LogP) is 2.25. The summed E-state index contributed by atoms with van der Waals surface area (Å²) in [6, 6.07) is 0. The van der Waals surface area contributed by atoms with E-state index in [1.165, 1.54) is 14.2 Å². The average molecular weight is 237 g/mol. The van der Waals surface area contributed by atoms with E-state index in [1.807, 2.05) is 0 Å². The molecule has 0 fully saturated rings. The number of phosphoric ester groups is 1. The van der Waals surface area contributed by atoms with Crippen molar-refractivity contribution in [2.24, 2.45) is 0 Å². The van der Waals surface area contributed by atoms with Crippen molar-refractivity contribution >= 4 is 31.0 Å². The molecule has 0 aliphatic carbocycles. The standard InChI is InChI=1S/C5H11Cl2O4P/c1-9-12(8,10-2)11-4-5(7)3-6/h5H,3-4H2,1-2H3. The van der Waals surface area contributed by atoms with Crippen LogP contribution in [0.5, 0.6) is 0 Å². The molecule has 12 heavy (non-hydrogen) atoms. The molecule has 0 aromatic heterocycles. The molecule has 74 valence electrons. The van der Waals surface area contributed by atoms with Crippen LogP contribution in [-0.4, -0.2) is 32.1 Å². The fourth-order valence-corrected chi connectivity index (χ4v) is 1.36. The molecule has 0 saturated carbocycles. The van der Waals surface area contributed by atoms with Crippen LogP contribution in [0.4, 0.5) is 0 Å². The van der Waals surface area contributed by atoms with Crippen molar-refractivity contribution in [1.82, 2.24) is 0 Å². The second-order valence-corrected chi connectivity index (χ2v) is 4.67. The average Bonchev–Trinajstić information content (AvgIpc) is 2.13. The summed E-state index contributed by atoms with van der Waals surface area (Å²) in [6.45, 7) is 0.0318. The minimum atomic E-state index is -3.39. The largest absolute Gasteiger partial charge is 0.474 e. The maximum absolute atomic E-state index is 11.2. The highest BCUT2D eigenvalue weighted by molar-refractivity contribution is 7.48. The summed E-state index contributed by atoms with van der Waals surface area (Å²) >= 11 is 11.0. The smallest absolute Gasteiger partial charge is 0.290 e. The van der Waals surface area contributed by atoms with Gasteiger partial charge in [-0.1, -0.05) is 0 Å².